The van der Waals surface area contributed by atoms with E-state index in [-0.39, 0.29) is 14.9 Å². The Balaban J connectivity index is 0.000000194. The van der Waals surface area contributed by atoms with Crippen molar-refractivity contribution in [3.05, 3.63) is 143 Å². The van der Waals surface area contributed by atoms with Crippen LogP contribution in [0.1, 0.15) is 60.7 Å². The first-order valence-corrected chi connectivity index (χ1v) is 16.7. The molecule has 0 saturated carbocycles. The van der Waals surface area contributed by atoms with Gasteiger partial charge in [0.05, 0.1) is 22.8 Å². The van der Waals surface area contributed by atoms with E-state index in [1.165, 1.54) is 0 Å². The third-order valence-electron chi connectivity index (χ3n) is 8.62. The Kier molecular flexibility index (Phi) is 11.3. The molecule has 8 aromatic rings. The molecule has 0 aliphatic heterocycles. The van der Waals surface area contributed by atoms with Gasteiger partial charge in [-0.2, -0.15) is 0 Å². The first-order valence-electron chi connectivity index (χ1n) is 16.7. The summed E-state index contributed by atoms with van der Waals surface area (Å²) in [5, 5.41) is 0. The Morgan fingerprint density at radius 2 is 1.08 bits per heavy atom. The molecule has 6 heterocycles. The Hall–Kier alpha value is -6.16. The number of hydrogen-bond donors (Lipinski definition) is 0. The highest BCUT2D eigenvalue weighted by molar-refractivity contribution is 5.68. The van der Waals surface area contributed by atoms with Crippen LogP contribution in [0.5, 0.6) is 0 Å². The van der Waals surface area contributed by atoms with Gasteiger partial charge >= 0.3 is 0 Å². The Bertz CT molecular complexity index is 2440. The van der Waals surface area contributed by atoms with E-state index >= 15 is 0 Å². The predicted octanol–water partition coefficient (Wildman–Crippen LogP) is 8.72. The summed E-state index contributed by atoms with van der Waals surface area (Å²) < 4.78 is 8.17. The van der Waals surface area contributed by atoms with E-state index in [4.69, 9.17) is 9.97 Å². The number of nitrogens with zero attached hydrogens (tertiary/aromatic N) is 10. The van der Waals surface area contributed by atoms with E-state index in [1.807, 2.05) is 104 Å². The molecule has 2 aromatic carbocycles. The average molecular weight is 693 g/mol. The van der Waals surface area contributed by atoms with Gasteiger partial charge in [-0.25, -0.2) is 29.9 Å². The highest BCUT2D eigenvalue weighted by atomic mass is 15.1. The summed E-state index contributed by atoms with van der Waals surface area (Å²) in [5.41, 5.74) is 10.4. The minimum atomic E-state index is 0. The van der Waals surface area contributed by atoms with Crippen LogP contribution in [0, 0.1) is 27.7 Å². The standard InChI is InChI=1S/C20H21N5.C20H19N5.2CH4/c2*1-14-11-15(2)25-12-17(22-20(25)21-14)9-10-19-23-18(13-24(19)3)16-7-5-4-6-8-16;;/h4-8,11-13H,9-10H2,1-3H3;4-13H,1-3H3;2*1H4/b;10-9+;;. The van der Waals surface area contributed by atoms with Gasteiger partial charge in [0, 0.05) is 79.2 Å². The number of aromatic nitrogens is 10. The third kappa shape index (κ3) is 8.07. The van der Waals surface area contributed by atoms with E-state index < -0.39 is 0 Å². The molecule has 52 heavy (non-hydrogen) atoms. The largest absolute Gasteiger partial charge is 0.337 e. The SMILES string of the molecule is C.C.Cc1cc(C)n2cc(/C=C/c3nc(-c4ccccc4)cn3C)nc2n1.Cc1cc(C)n2cc(CCc3nc(-c4ccccc4)cn3C)nc2n1. The minimum Gasteiger partial charge on any atom is -0.337 e. The van der Waals surface area contributed by atoms with Crippen LogP contribution in [0.4, 0.5) is 0 Å². The van der Waals surface area contributed by atoms with Crippen LogP contribution < -0.4 is 0 Å². The van der Waals surface area contributed by atoms with Gasteiger partial charge in [0.15, 0.2) is 0 Å². The molecule has 0 aliphatic carbocycles. The fourth-order valence-corrected chi connectivity index (χ4v) is 6.08. The van der Waals surface area contributed by atoms with Crippen molar-refractivity contribution >= 4 is 23.7 Å². The van der Waals surface area contributed by atoms with E-state index in [2.05, 4.69) is 85.5 Å². The highest BCUT2D eigenvalue weighted by Gasteiger charge is 2.11. The summed E-state index contributed by atoms with van der Waals surface area (Å²) in [6.07, 6.45) is 13.9. The first kappa shape index (κ1) is 37.1. The van der Waals surface area contributed by atoms with Crippen LogP contribution in [-0.2, 0) is 26.9 Å². The smallest absolute Gasteiger partial charge is 0.234 e. The molecule has 0 aliphatic rings. The van der Waals surface area contributed by atoms with Gasteiger partial charge in [0.25, 0.3) is 0 Å². The lowest BCUT2D eigenvalue weighted by Gasteiger charge is -1.99. The monoisotopic (exact) mass is 692 g/mol. The Morgan fingerprint density at radius 3 is 1.69 bits per heavy atom. The van der Waals surface area contributed by atoms with E-state index in [0.717, 1.165) is 92.7 Å². The maximum Gasteiger partial charge on any atom is 0.234 e. The maximum absolute atomic E-state index is 4.79. The summed E-state index contributed by atoms with van der Waals surface area (Å²) in [7, 11) is 4.05. The second-order valence-electron chi connectivity index (χ2n) is 12.6. The van der Waals surface area contributed by atoms with E-state index in [9.17, 15) is 0 Å². The molecule has 0 amide bonds. The number of rotatable bonds is 7. The van der Waals surface area contributed by atoms with Crippen LogP contribution in [0.2, 0.25) is 0 Å². The van der Waals surface area contributed by atoms with E-state index in [1.54, 1.807) is 0 Å². The summed E-state index contributed by atoms with van der Waals surface area (Å²) >= 11 is 0. The van der Waals surface area contributed by atoms with Crippen LogP contribution in [-0.4, -0.2) is 47.8 Å². The quantitative estimate of drug-likeness (QED) is 0.166. The lowest BCUT2D eigenvalue weighted by Crippen LogP contribution is -2.00. The van der Waals surface area contributed by atoms with Gasteiger partial charge in [0.2, 0.25) is 11.6 Å². The third-order valence-corrected chi connectivity index (χ3v) is 8.62. The molecule has 0 saturated heterocycles. The number of imidazole rings is 4. The van der Waals surface area contributed by atoms with Crippen LogP contribution >= 0.6 is 0 Å². The molecule has 0 spiro atoms. The van der Waals surface area contributed by atoms with Gasteiger partial charge in [-0.05, 0) is 58.4 Å². The van der Waals surface area contributed by atoms with Crippen LogP contribution in [0.15, 0.2) is 97.6 Å². The topological polar surface area (TPSA) is 96.0 Å². The fraction of sp³-hybridized carbons (Fsp3) is 0.238. The zero-order valence-electron chi connectivity index (χ0n) is 29.3. The molecule has 0 radical (unpaired) electrons. The summed E-state index contributed by atoms with van der Waals surface area (Å²) in [4.78, 5) is 27.7. The molecule has 8 rings (SSSR count). The van der Waals surface area contributed by atoms with Crippen molar-refractivity contribution in [3.8, 4) is 22.5 Å². The lowest BCUT2D eigenvalue weighted by molar-refractivity contribution is 0.764. The van der Waals surface area contributed by atoms with Gasteiger partial charge in [0.1, 0.15) is 11.6 Å². The number of fused-ring (bicyclic) bond motifs is 2. The molecule has 0 fully saturated rings. The van der Waals surface area contributed by atoms with Crippen molar-refractivity contribution in [3.63, 3.8) is 0 Å². The molecule has 0 atom stereocenters. The normalized spacial score (nSPS) is 11.0. The lowest BCUT2D eigenvalue weighted by atomic mass is 10.2. The number of hydrogen-bond acceptors (Lipinski definition) is 6. The van der Waals surface area contributed by atoms with Crippen LogP contribution in [0.3, 0.4) is 0 Å². The van der Waals surface area contributed by atoms with Crippen molar-refractivity contribution < 1.29 is 0 Å². The average Bonchev–Trinajstić information content (AvgIpc) is 3.89. The van der Waals surface area contributed by atoms with Crippen molar-refractivity contribution in [2.75, 3.05) is 0 Å². The summed E-state index contributed by atoms with van der Waals surface area (Å²) in [6.45, 7) is 8.12. The van der Waals surface area contributed by atoms with Gasteiger partial charge in [-0.1, -0.05) is 75.5 Å². The van der Waals surface area contributed by atoms with E-state index in [0.29, 0.717) is 0 Å². The van der Waals surface area contributed by atoms with Gasteiger partial charge < -0.3 is 9.13 Å². The minimum absolute atomic E-state index is 0. The number of benzene rings is 2. The molecule has 0 bridgehead atoms. The molecule has 10 heteroatoms. The predicted molar refractivity (Wildman–Crippen MR) is 212 cm³/mol. The first-order chi connectivity index (χ1) is 24.2. The second-order valence-corrected chi connectivity index (χ2v) is 12.6. The molecule has 266 valence electrons. The molecule has 0 N–H and O–H groups in total. The highest BCUT2D eigenvalue weighted by Crippen LogP contribution is 2.20. The molecular formula is C42H48N10. The second kappa shape index (κ2) is 15.8. The Morgan fingerprint density at radius 1 is 0.538 bits per heavy atom. The zero-order valence-corrected chi connectivity index (χ0v) is 29.3. The zero-order chi connectivity index (χ0) is 34.8. The molecule has 0 unspecified atom stereocenters. The van der Waals surface area contributed by atoms with Crippen molar-refractivity contribution in [1.82, 2.24) is 47.8 Å². The van der Waals surface area contributed by atoms with Gasteiger partial charge in [-0.15, -0.1) is 0 Å². The van der Waals surface area contributed by atoms with Crippen molar-refractivity contribution in [1.29, 1.82) is 0 Å². The van der Waals surface area contributed by atoms with Crippen LogP contribution in [0.25, 0.3) is 46.2 Å². The van der Waals surface area contributed by atoms with Crippen molar-refractivity contribution in [2.45, 2.75) is 55.4 Å². The summed E-state index contributed by atoms with van der Waals surface area (Å²) in [5.74, 6) is 3.45. The maximum atomic E-state index is 4.79. The molecule has 6 aromatic heterocycles. The fourth-order valence-electron chi connectivity index (χ4n) is 6.08. The molecule has 10 nitrogen and oxygen atoms in total. The summed E-state index contributed by atoms with van der Waals surface area (Å²) in [6, 6.07) is 24.6. The molecular weight excluding hydrogens is 645 g/mol. The number of aryl methyl sites for hydroxylation is 8. The van der Waals surface area contributed by atoms with Gasteiger partial charge in [-0.3, -0.25) is 8.80 Å². The van der Waals surface area contributed by atoms with Crippen molar-refractivity contribution in [2.24, 2.45) is 14.1 Å². The Labute approximate surface area is 306 Å².